The second kappa shape index (κ2) is 6.45. The summed E-state index contributed by atoms with van der Waals surface area (Å²) < 4.78 is 32.6. The van der Waals surface area contributed by atoms with E-state index in [4.69, 9.17) is 4.74 Å². The number of carbonyl (C=O) groups is 1. The zero-order valence-corrected chi connectivity index (χ0v) is 14.7. The summed E-state index contributed by atoms with van der Waals surface area (Å²) in [6.07, 6.45) is 2.27. The lowest BCUT2D eigenvalue weighted by Gasteiger charge is -2.27. The van der Waals surface area contributed by atoms with Crippen molar-refractivity contribution in [2.45, 2.75) is 44.6 Å². The number of ether oxygens (including phenoxy) is 1. The number of hydrogen-bond acceptors (Lipinski definition) is 4. The van der Waals surface area contributed by atoms with E-state index >= 15 is 0 Å². The van der Waals surface area contributed by atoms with E-state index in [0.717, 1.165) is 5.57 Å². The predicted molar refractivity (Wildman–Crippen MR) is 88.3 cm³/mol. The van der Waals surface area contributed by atoms with Gasteiger partial charge in [0, 0.05) is 12.0 Å². The SMILES string of the molecule is CCOC(=O)[C@]1(C/C(C)=C/C(C)C)NS(=O)(=O)c2ccccc21. The molecule has 0 bridgehead atoms. The summed E-state index contributed by atoms with van der Waals surface area (Å²) >= 11 is 0. The summed E-state index contributed by atoms with van der Waals surface area (Å²) in [7, 11) is -3.73. The first-order valence-corrected chi connectivity index (χ1v) is 9.19. The van der Waals surface area contributed by atoms with Gasteiger partial charge in [0.15, 0.2) is 5.54 Å². The van der Waals surface area contributed by atoms with Crippen molar-refractivity contribution < 1.29 is 17.9 Å². The highest BCUT2D eigenvalue weighted by Crippen LogP contribution is 2.41. The Balaban J connectivity index is 2.60. The van der Waals surface area contributed by atoms with E-state index in [0.29, 0.717) is 11.5 Å². The highest BCUT2D eigenvalue weighted by atomic mass is 32.2. The first-order valence-electron chi connectivity index (χ1n) is 7.71. The Labute approximate surface area is 137 Å². The Morgan fingerprint density at radius 1 is 1.35 bits per heavy atom. The van der Waals surface area contributed by atoms with Gasteiger partial charge in [0.25, 0.3) is 0 Å². The van der Waals surface area contributed by atoms with Gasteiger partial charge < -0.3 is 4.74 Å². The summed E-state index contributed by atoms with van der Waals surface area (Å²) in [5, 5.41) is 0. The molecule has 0 saturated heterocycles. The fourth-order valence-electron chi connectivity index (χ4n) is 3.05. The van der Waals surface area contributed by atoms with E-state index in [9.17, 15) is 13.2 Å². The van der Waals surface area contributed by atoms with E-state index in [-0.39, 0.29) is 17.9 Å². The molecule has 1 aliphatic rings. The lowest BCUT2D eigenvalue weighted by Crippen LogP contribution is -2.47. The molecule has 1 aliphatic heterocycles. The molecular weight excluding hydrogens is 314 g/mol. The van der Waals surface area contributed by atoms with E-state index in [1.54, 1.807) is 25.1 Å². The van der Waals surface area contributed by atoms with Crippen molar-refractivity contribution in [1.82, 2.24) is 4.72 Å². The number of carbonyl (C=O) groups excluding carboxylic acids is 1. The van der Waals surface area contributed by atoms with E-state index < -0.39 is 21.5 Å². The van der Waals surface area contributed by atoms with Crippen molar-refractivity contribution >= 4 is 16.0 Å². The van der Waals surface area contributed by atoms with E-state index in [2.05, 4.69) is 4.72 Å². The molecule has 1 aromatic carbocycles. The van der Waals surface area contributed by atoms with Crippen LogP contribution in [-0.4, -0.2) is 21.0 Å². The molecule has 0 aliphatic carbocycles. The van der Waals surface area contributed by atoms with Gasteiger partial charge in [0.05, 0.1) is 11.5 Å². The van der Waals surface area contributed by atoms with Gasteiger partial charge in [-0.2, -0.15) is 4.72 Å². The van der Waals surface area contributed by atoms with Crippen molar-refractivity contribution in [3.05, 3.63) is 41.5 Å². The van der Waals surface area contributed by atoms with Gasteiger partial charge in [0.2, 0.25) is 10.0 Å². The number of esters is 1. The minimum Gasteiger partial charge on any atom is -0.464 e. The van der Waals surface area contributed by atoms with Crippen molar-refractivity contribution in [3.63, 3.8) is 0 Å². The largest absolute Gasteiger partial charge is 0.464 e. The number of benzene rings is 1. The molecule has 23 heavy (non-hydrogen) atoms. The maximum atomic E-state index is 12.7. The average molecular weight is 337 g/mol. The predicted octanol–water partition coefficient (Wildman–Crippen LogP) is 2.73. The quantitative estimate of drug-likeness (QED) is 0.662. The molecule has 2 rings (SSSR count). The molecule has 5 nitrogen and oxygen atoms in total. The third-order valence-corrected chi connectivity index (χ3v) is 5.28. The normalized spacial score (nSPS) is 22.9. The second-order valence-corrected chi connectivity index (χ2v) is 7.81. The number of hydrogen-bond donors (Lipinski definition) is 1. The fourth-order valence-corrected chi connectivity index (χ4v) is 4.67. The Bertz CT molecular complexity index is 737. The minimum absolute atomic E-state index is 0.144. The van der Waals surface area contributed by atoms with Crippen LogP contribution in [0, 0.1) is 5.92 Å². The summed E-state index contributed by atoms with van der Waals surface area (Å²) in [6.45, 7) is 7.87. The topological polar surface area (TPSA) is 72.5 Å². The lowest BCUT2D eigenvalue weighted by atomic mass is 9.84. The van der Waals surface area contributed by atoms with Crippen LogP contribution in [0.5, 0.6) is 0 Å². The number of allylic oxidation sites excluding steroid dienone is 1. The highest BCUT2D eigenvalue weighted by Gasteiger charge is 2.52. The van der Waals surface area contributed by atoms with Crippen LogP contribution in [0.2, 0.25) is 0 Å². The van der Waals surface area contributed by atoms with Gasteiger partial charge in [-0.15, -0.1) is 0 Å². The summed E-state index contributed by atoms with van der Waals surface area (Å²) in [5.74, 6) is -0.257. The molecule has 0 fully saturated rings. The molecule has 0 radical (unpaired) electrons. The van der Waals surface area contributed by atoms with Gasteiger partial charge >= 0.3 is 5.97 Å². The van der Waals surface area contributed by atoms with Gasteiger partial charge in [0.1, 0.15) is 0 Å². The molecule has 1 N–H and O–H groups in total. The van der Waals surface area contributed by atoms with E-state index in [1.807, 2.05) is 26.8 Å². The molecule has 126 valence electrons. The standard InChI is InChI=1S/C17H23NO4S/c1-5-22-16(19)17(11-13(4)10-12(2)3)14-8-6-7-9-15(14)23(20,21)18-17/h6-10,12,18H,5,11H2,1-4H3/b13-10+/t17-/m1/s1. The molecule has 1 aromatic rings. The number of nitrogens with one attached hydrogen (secondary N) is 1. The van der Waals surface area contributed by atoms with Crippen LogP contribution in [0.3, 0.4) is 0 Å². The van der Waals surface area contributed by atoms with Gasteiger partial charge in [-0.05, 0) is 25.8 Å². The molecule has 0 aromatic heterocycles. The molecule has 0 amide bonds. The molecule has 1 atom stereocenters. The smallest absolute Gasteiger partial charge is 0.332 e. The van der Waals surface area contributed by atoms with Crippen LogP contribution in [0.15, 0.2) is 40.8 Å². The highest BCUT2D eigenvalue weighted by molar-refractivity contribution is 7.90. The summed E-state index contributed by atoms with van der Waals surface area (Å²) in [6, 6.07) is 6.57. The van der Waals surface area contributed by atoms with Gasteiger partial charge in [-0.25, -0.2) is 13.2 Å². The molecule has 6 heteroatoms. The molecule has 0 unspecified atom stereocenters. The molecular formula is C17H23NO4S. The van der Waals surface area contributed by atoms with Crippen molar-refractivity contribution in [1.29, 1.82) is 0 Å². The first-order chi connectivity index (χ1) is 10.7. The summed E-state index contributed by atoms with van der Waals surface area (Å²) in [4.78, 5) is 12.8. The fraction of sp³-hybridized carbons (Fsp3) is 0.471. The van der Waals surface area contributed by atoms with Crippen molar-refractivity contribution in [2.24, 2.45) is 5.92 Å². The number of sulfonamides is 1. The Kier molecular flexibility index (Phi) is 4.96. The second-order valence-electron chi connectivity index (χ2n) is 6.16. The summed E-state index contributed by atoms with van der Waals surface area (Å²) in [5.41, 5.74) is 0.00314. The van der Waals surface area contributed by atoms with Crippen LogP contribution < -0.4 is 4.72 Å². The van der Waals surface area contributed by atoms with Crippen molar-refractivity contribution in [3.8, 4) is 0 Å². The lowest BCUT2D eigenvalue weighted by molar-refractivity contribution is -0.150. The average Bonchev–Trinajstić information content (AvgIpc) is 2.68. The Hall–Kier alpha value is -1.66. The monoisotopic (exact) mass is 337 g/mol. The Morgan fingerprint density at radius 3 is 2.61 bits per heavy atom. The zero-order chi connectivity index (χ0) is 17.3. The van der Waals surface area contributed by atoms with Crippen LogP contribution in [0.4, 0.5) is 0 Å². The first kappa shape index (κ1) is 17.7. The van der Waals surface area contributed by atoms with Crippen molar-refractivity contribution in [2.75, 3.05) is 6.61 Å². The van der Waals surface area contributed by atoms with Crippen LogP contribution in [-0.2, 0) is 25.1 Å². The van der Waals surface area contributed by atoms with Crippen LogP contribution in [0.1, 0.15) is 39.7 Å². The zero-order valence-electron chi connectivity index (χ0n) is 13.9. The van der Waals surface area contributed by atoms with Crippen LogP contribution in [0.25, 0.3) is 0 Å². The molecule has 1 heterocycles. The van der Waals surface area contributed by atoms with Crippen LogP contribution >= 0.6 is 0 Å². The third kappa shape index (κ3) is 3.33. The van der Waals surface area contributed by atoms with Gasteiger partial charge in [-0.1, -0.05) is 43.7 Å². The minimum atomic E-state index is -3.73. The molecule has 0 spiro atoms. The number of rotatable bonds is 5. The van der Waals surface area contributed by atoms with E-state index in [1.165, 1.54) is 6.07 Å². The number of fused-ring (bicyclic) bond motifs is 1. The third-order valence-electron chi connectivity index (χ3n) is 3.73. The maximum Gasteiger partial charge on any atom is 0.332 e. The molecule has 0 saturated carbocycles. The van der Waals surface area contributed by atoms with Gasteiger partial charge in [-0.3, -0.25) is 0 Å². The Morgan fingerprint density at radius 2 is 2.00 bits per heavy atom. The maximum absolute atomic E-state index is 12.7.